The number of nitrogens with two attached hydrogens (primary N) is 1. The third-order valence-electron chi connectivity index (χ3n) is 4.05. The molecule has 0 radical (unpaired) electrons. The lowest BCUT2D eigenvalue weighted by Gasteiger charge is -2.08. The quantitative estimate of drug-likeness (QED) is 0.535. The average molecular weight is 450 g/mol. The van der Waals surface area contributed by atoms with E-state index in [0.717, 1.165) is 0 Å². The molecule has 7 nitrogen and oxygen atoms in total. The van der Waals surface area contributed by atoms with E-state index in [9.17, 15) is 18.0 Å². The van der Waals surface area contributed by atoms with Gasteiger partial charge >= 0.3 is 6.68 Å². The third-order valence-corrected chi connectivity index (χ3v) is 4.92. The van der Waals surface area contributed by atoms with Crippen molar-refractivity contribution in [2.75, 3.05) is 24.1 Å². The van der Waals surface area contributed by atoms with Crippen LogP contribution in [0.5, 0.6) is 0 Å². The van der Waals surface area contributed by atoms with Crippen LogP contribution in [0.4, 0.5) is 24.7 Å². The van der Waals surface area contributed by atoms with Crippen molar-refractivity contribution in [1.82, 2.24) is 15.3 Å². The maximum absolute atomic E-state index is 12.3. The molecule has 0 bridgehead atoms. The van der Waals surface area contributed by atoms with Crippen LogP contribution in [-0.4, -0.2) is 35.6 Å². The number of para-hydroxylation sites is 1. The lowest BCUT2D eigenvalue weighted by atomic mass is 10.2. The van der Waals surface area contributed by atoms with E-state index in [1.54, 1.807) is 29.6 Å². The van der Waals surface area contributed by atoms with Gasteiger partial charge in [-0.05, 0) is 38.1 Å². The molecule has 0 saturated carbocycles. The van der Waals surface area contributed by atoms with Crippen molar-refractivity contribution in [2.45, 2.75) is 25.9 Å². The highest BCUT2D eigenvalue weighted by atomic mass is 32.1. The first-order valence-corrected chi connectivity index (χ1v) is 10.2. The molecule has 1 amide bonds. The van der Waals surface area contributed by atoms with Crippen LogP contribution in [0.1, 0.15) is 35.2 Å². The number of fused-ring (bicyclic) bond motifs is 1. The summed E-state index contributed by atoms with van der Waals surface area (Å²) < 4.78 is 29.0. The van der Waals surface area contributed by atoms with E-state index in [0.29, 0.717) is 27.2 Å². The van der Waals surface area contributed by atoms with Crippen molar-refractivity contribution in [3.05, 3.63) is 47.0 Å². The number of hydrogen-bond donors (Lipinski definition) is 3. The first-order chi connectivity index (χ1) is 14.9. The second-order valence-electron chi connectivity index (χ2n) is 6.27. The molecule has 31 heavy (non-hydrogen) atoms. The summed E-state index contributed by atoms with van der Waals surface area (Å²) in [6.45, 7) is -1.17. The third kappa shape index (κ3) is 7.84. The molecule has 4 N–H and O–H groups in total. The second-order valence-corrected chi connectivity index (χ2v) is 7.13. The summed E-state index contributed by atoms with van der Waals surface area (Å²) >= 11 is 1.32. The molecule has 0 spiro atoms. The van der Waals surface area contributed by atoms with Gasteiger partial charge in [-0.15, -0.1) is 11.3 Å². The standard InChI is InChI=1S/C14H9N5OS.C5H11N.CHF3/c15-5-8-3-1-2-4-10(8)18-13(20)9-7-21-14-12(9)19-11(16)6-17-14;1-2-4-6-5-3-1;2-1(3)4/h1-4,6-7H,(H2,16,19)(H,18,20);6H,1-5H2;1H. The molecule has 1 aliphatic rings. The zero-order valence-corrected chi connectivity index (χ0v) is 17.3. The second kappa shape index (κ2) is 12.5. The van der Waals surface area contributed by atoms with E-state index in [1.807, 2.05) is 6.07 Å². The fourth-order valence-corrected chi connectivity index (χ4v) is 3.49. The SMILES string of the molecule is C1CCNCC1.FC(F)F.N#Cc1ccccc1NC(=O)c1csc2ncc(N)nc12. The van der Waals surface area contributed by atoms with Crippen molar-refractivity contribution in [1.29, 1.82) is 5.26 Å². The fourth-order valence-electron chi connectivity index (χ4n) is 2.67. The number of nitrogens with zero attached hydrogens (tertiary/aromatic N) is 3. The summed E-state index contributed by atoms with van der Waals surface area (Å²) in [5, 5.41) is 16.7. The van der Waals surface area contributed by atoms with Crippen LogP contribution in [0, 0.1) is 11.3 Å². The Bertz CT molecular complexity index is 1020. The lowest BCUT2D eigenvalue weighted by molar-refractivity contribution is 0.00818. The summed E-state index contributed by atoms with van der Waals surface area (Å²) in [5.41, 5.74) is 7.32. The summed E-state index contributed by atoms with van der Waals surface area (Å²) in [7, 11) is 0. The number of piperidine rings is 1. The summed E-state index contributed by atoms with van der Waals surface area (Å²) in [6.07, 6.45) is 5.67. The number of alkyl halides is 3. The highest BCUT2D eigenvalue weighted by Gasteiger charge is 2.16. The Balaban J connectivity index is 0.000000283. The molecule has 1 fully saturated rings. The predicted octanol–water partition coefficient (Wildman–Crippen LogP) is 4.34. The Labute approximate surface area is 181 Å². The van der Waals surface area contributed by atoms with E-state index in [4.69, 9.17) is 11.0 Å². The van der Waals surface area contributed by atoms with Gasteiger partial charge in [-0.25, -0.2) is 9.97 Å². The minimum absolute atomic E-state index is 0.257. The van der Waals surface area contributed by atoms with E-state index in [2.05, 4.69) is 20.6 Å². The molecule has 1 aliphatic heterocycles. The molecule has 0 unspecified atom stereocenters. The number of rotatable bonds is 2. The van der Waals surface area contributed by atoms with Gasteiger partial charge in [-0.2, -0.15) is 18.4 Å². The fraction of sp³-hybridized carbons (Fsp3) is 0.300. The highest BCUT2D eigenvalue weighted by molar-refractivity contribution is 7.17. The predicted molar refractivity (Wildman–Crippen MR) is 115 cm³/mol. The lowest BCUT2D eigenvalue weighted by Crippen LogP contribution is -2.21. The molecule has 0 atom stereocenters. The first kappa shape index (κ1) is 24.0. The van der Waals surface area contributed by atoms with Gasteiger partial charge < -0.3 is 16.4 Å². The maximum atomic E-state index is 12.3. The zero-order chi connectivity index (χ0) is 22.6. The topological polar surface area (TPSA) is 117 Å². The average Bonchev–Trinajstić information content (AvgIpc) is 3.18. The number of anilines is 2. The van der Waals surface area contributed by atoms with Crippen LogP contribution in [-0.2, 0) is 0 Å². The molecule has 11 heteroatoms. The van der Waals surface area contributed by atoms with Crippen molar-refractivity contribution in [3.63, 3.8) is 0 Å². The van der Waals surface area contributed by atoms with Crippen LogP contribution in [0.15, 0.2) is 35.8 Å². The Kier molecular flexibility index (Phi) is 9.67. The minimum Gasteiger partial charge on any atom is -0.382 e. The van der Waals surface area contributed by atoms with Crippen LogP contribution >= 0.6 is 11.3 Å². The van der Waals surface area contributed by atoms with Gasteiger partial charge in [-0.1, -0.05) is 18.6 Å². The van der Waals surface area contributed by atoms with Gasteiger partial charge in [0.25, 0.3) is 5.91 Å². The molecule has 2 aromatic heterocycles. The molecule has 4 rings (SSSR count). The Morgan fingerprint density at radius 3 is 2.48 bits per heavy atom. The number of aromatic nitrogens is 2. The van der Waals surface area contributed by atoms with Gasteiger partial charge in [0.15, 0.2) is 0 Å². The van der Waals surface area contributed by atoms with Crippen LogP contribution in [0.3, 0.4) is 0 Å². The van der Waals surface area contributed by atoms with Crippen LogP contribution in [0.25, 0.3) is 10.3 Å². The van der Waals surface area contributed by atoms with Gasteiger partial charge in [0.2, 0.25) is 0 Å². The molecule has 164 valence electrons. The van der Waals surface area contributed by atoms with E-state index in [1.165, 1.54) is 49.9 Å². The van der Waals surface area contributed by atoms with Gasteiger partial charge in [0, 0.05) is 5.38 Å². The number of amides is 1. The largest absolute Gasteiger partial charge is 0.382 e. The van der Waals surface area contributed by atoms with Crippen molar-refractivity contribution in [2.24, 2.45) is 0 Å². The molecule has 3 heterocycles. The Morgan fingerprint density at radius 2 is 1.90 bits per heavy atom. The number of nitrogens with one attached hydrogen (secondary N) is 2. The number of hydrogen-bond acceptors (Lipinski definition) is 7. The van der Waals surface area contributed by atoms with Gasteiger partial charge in [0.05, 0.1) is 23.0 Å². The number of nitrogen functional groups attached to an aromatic ring is 1. The summed E-state index contributed by atoms with van der Waals surface area (Å²) in [4.78, 5) is 21.3. The molecule has 0 aliphatic carbocycles. The number of halogens is 3. The zero-order valence-electron chi connectivity index (χ0n) is 16.4. The molecular weight excluding hydrogens is 429 g/mol. The van der Waals surface area contributed by atoms with Crippen LogP contribution in [0.2, 0.25) is 0 Å². The van der Waals surface area contributed by atoms with Crippen molar-refractivity contribution < 1.29 is 18.0 Å². The number of carbonyl (C=O) groups is 1. The van der Waals surface area contributed by atoms with Crippen molar-refractivity contribution in [3.8, 4) is 6.07 Å². The molecule has 3 aromatic rings. The number of nitriles is 1. The molecule has 1 aromatic carbocycles. The summed E-state index contributed by atoms with van der Waals surface area (Å²) in [5.74, 6) is -0.0868. The smallest absolute Gasteiger partial charge is 0.379 e. The summed E-state index contributed by atoms with van der Waals surface area (Å²) in [6, 6.07) is 8.83. The monoisotopic (exact) mass is 450 g/mol. The first-order valence-electron chi connectivity index (χ1n) is 9.35. The van der Waals surface area contributed by atoms with Gasteiger partial charge in [-0.3, -0.25) is 4.79 Å². The Hall–Kier alpha value is -3.23. The van der Waals surface area contributed by atoms with Crippen LogP contribution < -0.4 is 16.4 Å². The Morgan fingerprint density at radius 1 is 1.23 bits per heavy atom. The number of carbonyl (C=O) groups excluding carboxylic acids is 1. The van der Waals surface area contributed by atoms with E-state index >= 15 is 0 Å². The minimum atomic E-state index is -3.67. The normalized spacial score (nSPS) is 12.7. The maximum Gasteiger partial charge on any atom is 0.379 e. The van der Waals surface area contributed by atoms with E-state index < -0.39 is 6.68 Å². The van der Waals surface area contributed by atoms with Crippen molar-refractivity contribution >= 4 is 39.1 Å². The van der Waals surface area contributed by atoms with E-state index in [-0.39, 0.29) is 11.7 Å². The number of thiophene rings is 1. The highest BCUT2D eigenvalue weighted by Crippen LogP contribution is 2.24. The molecular formula is C20H21F3N6OS. The number of benzene rings is 1. The van der Waals surface area contributed by atoms with Gasteiger partial charge in [0.1, 0.15) is 22.2 Å². The molecule has 1 saturated heterocycles.